The number of alkyl carbamates (subject to hydrolysis) is 1. The quantitative estimate of drug-likeness (QED) is 0.620. The second kappa shape index (κ2) is 4.99. The third kappa shape index (κ3) is 2.98. The summed E-state index contributed by atoms with van der Waals surface area (Å²) in [6.07, 6.45) is -3.02. The Bertz CT molecular complexity index is 468. The van der Waals surface area contributed by atoms with E-state index < -0.39 is 35.2 Å². The molecule has 9 heteroatoms. The summed E-state index contributed by atoms with van der Waals surface area (Å²) < 4.78 is 4.89. The molecule has 20 heavy (non-hydrogen) atoms. The van der Waals surface area contributed by atoms with Crippen molar-refractivity contribution < 1.29 is 34.1 Å². The molecule has 0 bridgehead atoms. The highest BCUT2D eigenvalue weighted by molar-refractivity contribution is 6.14. The van der Waals surface area contributed by atoms with Gasteiger partial charge in [-0.2, -0.15) is 0 Å². The van der Waals surface area contributed by atoms with E-state index in [1.54, 1.807) is 20.8 Å². The Labute approximate surface area is 114 Å². The van der Waals surface area contributed by atoms with Crippen LogP contribution in [0.25, 0.3) is 0 Å². The first-order valence-corrected chi connectivity index (χ1v) is 5.79. The molecular weight excluding hydrogens is 272 g/mol. The second-order valence-electron chi connectivity index (χ2n) is 5.33. The van der Waals surface area contributed by atoms with Crippen LogP contribution in [-0.4, -0.2) is 56.9 Å². The minimum atomic E-state index is -2.30. The van der Waals surface area contributed by atoms with Crippen molar-refractivity contribution >= 4 is 24.1 Å². The van der Waals surface area contributed by atoms with E-state index in [1.807, 2.05) is 5.32 Å². The zero-order chi connectivity index (χ0) is 15.7. The molecule has 0 aliphatic carbocycles. The Hall–Kier alpha value is -2.32. The van der Waals surface area contributed by atoms with Gasteiger partial charge in [0, 0.05) is 13.0 Å². The topological polar surface area (TPSA) is 133 Å². The van der Waals surface area contributed by atoms with Gasteiger partial charge in [0.1, 0.15) is 5.60 Å². The first-order valence-electron chi connectivity index (χ1n) is 5.79. The maximum absolute atomic E-state index is 11.9. The van der Waals surface area contributed by atoms with E-state index >= 15 is 0 Å². The van der Waals surface area contributed by atoms with Crippen LogP contribution < -0.4 is 5.32 Å². The third-order valence-electron chi connectivity index (χ3n) is 2.63. The highest BCUT2D eigenvalue weighted by Crippen LogP contribution is 2.24. The maximum atomic E-state index is 11.9. The average Bonchev–Trinajstić information content (AvgIpc) is 2.54. The van der Waals surface area contributed by atoms with Crippen molar-refractivity contribution in [2.45, 2.75) is 38.3 Å². The number of hydrogen-bond donors (Lipinski definition) is 3. The number of amides is 3. The van der Waals surface area contributed by atoms with E-state index in [0.29, 0.717) is 4.90 Å². The van der Waals surface area contributed by atoms with Crippen molar-refractivity contribution in [3.63, 3.8) is 0 Å². The predicted molar refractivity (Wildman–Crippen MR) is 64.1 cm³/mol. The number of nitrogens with zero attached hydrogens (tertiary/aromatic N) is 1. The molecule has 0 aromatic carbocycles. The molecule has 1 unspecified atom stereocenters. The molecule has 9 nitrogen and oxygen atoms in total. The van der Waals surface area contributed by atoms with Gasteiger partial charge >= 0.3 is 18.2 Å². The fourth-order valence-corrected chi connectivity index (χ4v) is 1.75. The van der Waals surface area contributed by atoms with Crippen molar-refractivity contribution in [1.29, 1.82) is 0 Å². The summed E-state index contributed by atoms with van der Waals surface area (Å²) in [7, 11) is 0. The minimum Gasteiger partial charge on any atom is -0.479 e. The Balaban J connectivity index is 2.96. The van der Waals surface area contributed by atoms with Gasteiger partial charge in [0.2, 0.25) is 5.54 Å². The Morgan fingerprint density at radius 1 is 1.30 bits per heavy atom. The van der Waals surface area contributed by atoms with Gasteiger partial charge in [0.25, 0.3) is 5.91 Å². The zero-order valence-electron chi connectivity index (χ0n) is 11.3. The van der Waals surface area contributed by atoms with Gasteiger partial charge in [-0.05, 0) is 20.8 Å². The van der Waals surface area contributed by atoms with Gasteiger partial charge in [0.15, 0.2) is 0 Å². The minimum absolute atomic E-state index is 0.309. The molecule has 1 aliphatic rings. The smallest absolute Gasteiger partial charge is 0.414 e. The second-order valence-corrected chi connectivity index (χ2v) is 5.33. The third-order valence-corrected chi connectivity index (χ3v) is 2.63. The molecule has 0 aromatic rings. The number of ether oxygens (including phenoxy) is 1. The number of hydrogen-bond acceptors (Lipinski definition) is 5. The maximum Gasteiger partial charge on any atom is 0.414 e. The van der Waals surface area contributed by atoms with Gasteiger partial charge in [-0.1, -0.05) is 0 Å². The number of nitrogens with one attached hydrogen (secondary N) is 1. The number of likely N-dealkylation sites (tertiary alicyclic amines) is 1. The van der Waals surface area contributed by atoms with Gasteiger partial charge < -0.3 is 14.9 Å². The first kappa shape index (κ1) is 15.7. The molecule has 0 radical (unpaired) electrons. The Morgan fingerprint density at radius 2 is 1.85 bits per heavy atom. The zero-order valence-corrected chi connectivity index (χ0v) is 11.3. The van der Waals surface area contributed by atoms with Gasteiger partial charge in [-0.25, -0.2) is 19.3 Å². The predicted octanol–water partition coefficient (Wildman–Crippen LogP) is 0.245. The van der Waals surface area contributed by atoms with Crippen molar-refractivity contribution in [2.24, 2.45) is 0 Å². The SMILES string of the molecule is CC(C)(C)OC(=O)NC1(C(=O)O)CCN(C(=O)O)C1=O. The lowest BCUT2D eigenvalue weighted by Crippen LogP contribution is -2.60. The molecule has 1 fully saturated rings. The Morgan fingerprint density at radius 3 is 2.20 bits per heavy atom. The van der Waals surface area contributed by atoms with Gasteiger partial charge in [0.05, 0.1) is 0 Å². The first-order chi connectivity index (χ1) is 8.99. The molecule has 0 saturated carbocycles. The van der Waals surface area contributed by atoms with Crippen LogP contribution in [0.15, 0.2) is 0 Å². The number of carbonyl (C=O) groups is 4. The van der Waals surface area contributed by atoms with Crippen LogP contribution in [0.3, 0.4) is 0 Å². The normalized spacial score (nSPS) is 22.6. The average molecular weight is 288 g/mol. The van der Waals surface area contributed by atoms with E-state index in [1.165, 1.54) is 0 Å². The van der Waals surface area contributed by atoms with Crippen molar-refractivity contribution in [2.75, 3.05) is 6.54 Å². The van der Waals surface area contributed by atoms with Crippen LogP contribution in [0.5, 0.6) is 0 Å². The van der Waals surface area contributed by atoms with Crippen molar-refractivity contribution in [3.8, 4) is 0 Å². The van der Waals surface area contributed by atoms with E-state index in [-0.39, 0.29) is 13.0 Å². The summed E-state index contributed by atoms with van der Waals surface area (Å²) in [5.74, 6) is -2.83. The van der Waals surface area contributed by atoms with E-state index in [2.05, 4.69) is 0 Å². The fraction of sp³-hybridized carbons (Fsp3) is 0.636. The van der Waals surface area contributed by atoms with Gasteiger partial charge in [-0.3, -0.25) is 10.1 Å². The van der Waals surface area contributed by atoms with E-state index in [9.17, 15) is 24.3 Å². The van der Waals surface area contributed by atoms with Crippen LogP contribution in [0.4, 0.5) is 9.59 Å². The molecule has 0 spiro atoms. The molecule has 1 atom stereocenters. The van der Waals surface area contributed by atoms with E-state index in [4.69, 9.17) is 9.84 Å². The van der Waals surface area contributed by atoms with Crippen LogP contribution >= 0.6 is 0 Å². The lowest BCUT2D eigenvalue weighted by atomic mass is 9.98. The summed E-state index contributed by atoms with van der Waals surface area (Å²) in [5.41, 5.74) is -3.18. The number of rotatable bonds is 2. The summed E-state index contributed by atoms with van der Waals surface area (Å²) in [4.78, 5) is 46.0. The number of carboxylic acids is 1. The molecule has 1 aliphatic heterocycles. The summed E-state index contributed by atoms with van der Waals surface area (Å²) in [6.45, 7) is 4.40. The van der Waals surface area contributed by atoms with Crippen LogP contribution in [0, 0.1) is 0 Å². The number of aliphatic carboxylic acids is 1. The Kier molecular flexibility index (Phi) is 3.92. The lowest BCUT2D eigenvalue weighted by Gasteiger charge is -2.26. The molecule has 0 aromatic heterocycles. The monoisotopic (exact) mass is 288 g/mol. The van der Waals surface area contributed by atoms with Crippen LogP contribution in [0.2, 0.25) is 0 Å². The summed E-state index contributed by atoms with van der Waals surface area (Å²) in [6, 6.07) is 0. The molecule has 3 amide bonds. The standard InChI is InChI=1S/C11H16N2O7/c1-10(2,3)20-8(17)12-11(7(15)16)4-5-13(6(11)14)9(18)19/h4-5H2,1-3H3,(H,12,17)(H,15,16)(H,18,19). The number of carboxylic acid groups (broad SMARTS) is 2. The highest BCUT2D eigenvalue weighted by Gasteiger charge is 2.56. The molecule has 1 saturated heterocycles. The highest BCUT2D eigenvalue weighted by atomic mass is 16.6. The molecule has 3 N–H and O–H groups in total. The van der Waals surface area contributed by atoms with Gasteiger partial charge in [-0.15, -0.1) is 0 Å². The fourth-order valence-electron chi connectivity index (χ4n) is 1.75. The van der Waals surface area contributed by atoms with Crippen molar-refractivity contribution in [3.05, 3.63) is 0 Å². The largest absolute Gasteiger partial charge is 0.479 e. The molecular formula is C11H16N2O7. The number of imide groups is 1. The summed E-state index contributed by atoms with van der Waals surface area (Å²) >= 11 is 0. The lowest BCUT2D eigenvalue weighted by molar-refractivity contribution is -0.150. The van der Waals surface area contributed by atoms with Crippen LogP contribution in [-0.2, 0) is 14.3 Å². The van der Waals surface area contributed by atoms with Crippen molar-refractivity contribution in [1.82, 2.24) is 10.2 Å². The molecule has 1 heterocycles. The van der Waals surface area contributed by atoms with Crippen LogP contribution in [0.1, 0.15) is 27.2 Å². The van der Waals surface area contributed by atoms with E-state index in [0.717, 1.165) is 0 Å². The number of carbonyl (C=O) groups excluding carboxylic acids is 2. The molecule has 1 rings (SSSR count). The molecule has 112 valence electrons. The summed E-state index contributed by atoms with van der Waals surface area (Å²) in [5, 5.41) is 19.9.